The van der Waals surface area contributed by atoms with Gasteiger partial charge in [0, 0.05) is 31.4 Å². The predicted molar refractivity (Wildman–Crippen MR) is 131 cm³/mol. The molecule has 6 heteroatoms. The third-order valence-electron chi connectivity index (χ3n) is 6.23. The lowest BCUT2D eigenvalue weighted by molar-refractivity contribution is -0.117. The molecule has 33 heavy (non-hydrogen) atoms. The number of fused-ring (bicyclic) bond motifs is 1. The number of hydrogen-bond acceptors (Lipinski definition) is 3. The van der Waals surface area contributed by atoms with Crippen LogP contribution >= 0.6 is 0 Å². The van der Waals surface area contributed by atoms with Gasteiger partial charge in [0.1, 0.15) is 5.69 Å². The van der Waals surface area contributed by atoms with Crippen LogP contribution in [0.2, 0.25) is 0 Å². The van der Waals surface area contributed by atoms with Crippen LogP contribution < -0.4 is 9.80 Å². The summed E-state index contributed by atoms with van der Waals surface area (Å²) in [6.45, 7) is 7.94. The van der Waals surface area contributed by atoms with Crippen molar-refractivity contribution in [3.05, 3.63) is 77.6 Å². The quantitative estimate of drug-likeness (QED) is 0.547. The van der Waals surface area contributed by atoms with Gasteiger partial charge in [-0.3, -0.25) is 14.3 Å². The third kappa shape index (κ3) is 4.42. The summed E-state index contributed by atoms with van der Waals surface area (Å²) in [7, 11) is 1.83. The van der Waals surface area contributed by atoms with E-state index in [1.807, 2.05) is 77.5 Å². The van der Waals surface area contributed by atoms with Gasteiger partial charge in [0.2, 0.25) is 5.91 Å². The van der Waals surface area contributed by atoms with Gasteiger partial charge in [-0.05, 0) is 55.5 Å². The molecule has 4 rings (SSSR count). The van der Waals surface area contributed by atoms with Gasteiger partial charge >= 0.3 is 0 Å². The van der Waals surface area contributed by atoms with Crippen LogP contribution in [0.25, 0.3) is 0 Å². The van der Waals surface area contributed by atoms with Gasteiger partial charge in [0.05, 0.1) is 11.7 Å². The van der Waals surface area contributed by atoms with E-state index in [-0.39, 0.29) is 23.9 Å². The number of aromatic nitrogens is 2. The maximum Gasteiger partial charge on any atom is 0.276 e. The zero-order valence-electron chi connectivity index (χ0n) is 20.0. The number of para-hydroxylation sites is 2. The van der Waals surface area contributed by atoms with Gasteiger partial charge in [0.25, 0.3) is 5.91 Å². The Labute approximate surface area is 195 Å². The predicted octanol–water partition coefficient (Wildman–Crippen LogP) is 5.15. The van der Waals surface area contributed by atoms with E-state index in [1.165, 1.54) is 0 Å². The number of aryl methyl sites for hydroxylation is 1. The Morgan fingerprint density at radius 3 is 2.42 bits per heavy atom. The van der Waals surface area contributed by atoms with E-state index in [4.69, 9.17) is 0 Å². The maximum atomic E-state index is 13.8. The van der Waals surface area contributed by atoms with Crippen molar-refractivity contribution in [3.8, 4) is 0 Å². The average molecular weight is 445 g/mol. The van der Waals surface area contributed by atoms with Crippen LogP contribution in [0.15, 0.2) is 60.7 Å². The molecular formula is C27H32N4O2. The Kier molecular flexibility index (Phi) is 6.36. The van der Waals surface area contributed by atoms with Crippen molar-refractivity contribution in [2.45, 2.75) is 52.6 Å². The van der Waals surface area contributed by atoms with Crippen LogP contribution in [0.1, 0.15) is 61.9 Å². The topological polar surface area (TPSA) is 58.4 Å². The summed E-state index contributed by atoms with van der Waals surface area (Å²) < 4.78 is 1.69. The molecule has 0 N–H and O–H groups in total. The Morgan fingerprint density at radius 2 is 1.76 bits per heavy atom. The smallest absolute Gasteiger partial charge is 0.276 e. The number of carbonyl (C=O) groups excluding carboxylic acids is 2. The molecule has 3 aromatic rings. The van der Waals surface area contributed by atoms with Crippen molar-refractivity contribution >= 4 is 23.2 Å². The first kappa shape index (κ1) is 22.8. The fourth-order valence-corrected chi connectivity index (χ4v) is 4.87. The Hall–Kier alpha value is -3.41. The molecule has 2 amide bonds. The van der Waals surface area contributed by atoms with E-state index >= 15 is 0 Å². The molecule has 2 unspecified atom stereocenters. The minimum Gasteiger partial charge on any atom is -0.305 e. The molecule has 6 nitrogen and oxygen atoms in total. The van der Waals surface area contributed by atoms with Crippen molar-refractivity contribution in [1.29, 1.82) is 0 Å². The molecule has 0 bridgehead atoms. The fraction of sp³-hybridized carbons (Fsp3) is 0.370. The van der Waals surface area contributed by atoms with Gasteiger partial charge < -0.3 is 9.80 Å². The first-order valence-corrected chi connectivity index (χ1v) is 11.6. The van der Waals surface area contributed by atoms with E-state index in [1.54, 1.807) is 11.6 Å². The molecule has 0 saturated carbocycles. The van der Waals surface area contributed by atoms with Gasteiger partial charge in [-0.25, -0.2) is 0 Å². The second kappa shape index (κ2) is 9.22. The number of hydrogen-bond donors (Lipinski definition) is 0. The maximum absolute atomic E-state index is 13.8. The molecule has 0 saturated heterocycles. The van der Waals surface area contributed by atoms with Crippen LogP contribution in [0.5, 0.6) is 0 Å². The summed E-state index contributed by atoms with van der Waals surface area (Å²) >= 11 is 0. The molecule has 2 heterocycles. The highest BCUT2D eigenvalue weighted by Gasteiger charge is 2.38. The standard InChI is InChI=1S/C27H32N4O2/c1-18(2)15-21-17-26(29(5)28-21)27(33)30-19(3)16-25(23-13-9-10-14-24(23)30)31(20(4)32)22-11-7-6-8-12-22/h6-14,17-19,25H,15-16H2,1-5H3. The van der Waals surface area contributed by atoms with E-state index in [0.29, 0.717) is 18.0 Å². The van der Waals surface area contributed by atoms with Crippen molar-refractivity contribution in [1.82, 2.24) is 9.78 Å². The summed E-state index contributed by atoms with van der Waals surface area (Å²) in [5.41, 5.74) is 4.20. The van der Waals surface area contributed by atoms with Gasteiger partial charge in [-0.2, -0.15) is 5.10 Å². The Morgan fingerprint density at radius 1 is 1.09 bits per heavy atom. The summed E-state index contributed by atoms with van der Waals surface area (Å²) in [5.74, 6) is 0.388. The molecule has 2 atom stereocenters. The summed E-state index contributed by atoms with van der Waals surface area (Å²) in [6.07, 6.45) is 1.48. The van der Waals surface area contributed by atoms with E-state index < -0.39 is 0 Å². The average Bonchev–Trinajstić information content (AvgIpc) is 3.13. The second-order valence-electron chi connectivity index (χ2n) is 9.30. The first-order chi connectivity index (χ1) is 15.8. The first-order valence-electron chi connectivity index (χ1n) is 11.6. The highest BCUT2D eigenvalue weighted by Crippen LogP contribution is 2.42. The number of nitrogens with zero attached hydrogens (tertiary/aromatic N) is 4. The summed E-state index contributed by atoms with van der Waals surface area (Å²) in [6, 6.07) is 19.3. The number of anilines is 2. The molecule has 2 aromatic carbocycles. The lowest BCUT2D eigenvalue weighted by atomic mass is 9.89. The molecule has 172 valence electrons. The van der Waals surface area contributed by atoms with E-state index in [2.05, 4.69) is 25.9 Å². The van der Waals surface area contributed by atoms with Crippen molar-refractivity contribution in [3.63, 3.8) is 0 Å². The van der Waals surface area contributed by atoms with Crippen LogP contribution in [0.4, 0.5) is 11.4 Å². The molecule has 1 aliphatic rings. The van der Waals surface area contributed by atoms with Gasteiger partial charge in [-0.15, -0.1) is 0 Å². The molecular weight excluding hydrogens is 412 g/mol. The number of rotatable bonds is 5. The van der Waals surface area contributed by atoms with Crippen molar-refractivity contribution in [2.75, 3.05) is 9.80 Å². The molecule has 0 aliphatic carbocycles. The van der Waals surface area contributed by atoms with E-state index in [9.17, 15) is 9.59 Å². The van der Waals surface area contributed by atoms with Gasteiger partial charge in [-0.1, -0.05) is 50.2 Å². The van der Waals surface area contributed by atoms with Crippen LogP contribution in [0, 0.1) is 5.92 Å². The largest absolute Gasteiger partial charge is 0.305 e. The minimum absolute atomic E-state index is 0.0158. The van der Waals surface area contributed by atoms with Gasteiger partial charge in [0.15, 0.2) is 0 Å². The lowest BCUT2D eigenvalue weighted by Gasteiger charge is -2.43. The van der Waals surface area contributed by atoms with Crippen molar-refractivity contribution in [2.24, 2.45) is 13.0 Å². The van der Waals surface area contributed by atoms with Crippen LogP contribution in [-0.4, -0.2) is 27.6 Å². The Balaban J connectivity index is 1.74. The normalized spacial score (nSPS) is 17.7. The van der Waals surface area contributed by atoms with Crippen LogP contribution in [-0.2, 0) is 18.3 Å². The summed E-state index contributed by atoms with van der Waals surface area (Å²) in [5, 5.41) is 4.57. The highest BCUT2D eigenvalue weighted by molar-refractivity contribution is 6.06. The monoisotopic (exact) mass is 444 g/mol. The van der Waals surface area contributed by atoms with E-state index in [0.717, 1.165) is 29.1 Å². The molecule has 0 radical (unpaired) electrons. The zero-order valence-corrected chi connectivity index (χ0v) is 20.0. The molecule has 0 fully saturated rings. The lowest BCUT2D eigenvalue weighted by Crippen LogP contribution is -2.47. The fourth-order valence-electron chi connectivity index (χ4n) is 4.87. The Bertz CT molecular complexity index is 1150. The SMILES string of the molecule is CC(=O)N(c1ccccc1)C1CC(C)N(C(=O)c2cc(CC(C)C)nn2C)c2ccccc21. The van der Waals surface area contributed by atoms with Crippen molar-refractivity contribution < 1.29 is 9.59 Å². The second-order valence-corrected chi connectivity index (χ2v) is 9.30. The number of carbonyl (C=O) groups is 2. The highest BCUT2D eigenvalue weighted by atomic mass is 16.2. The minimum atomic E-state index is -0.150. The number of amides is 2. The molecule has 1 aromatic heterocycles. The molecule has 1 aliphatic heterocycles. The number of benzene rings is 2. The zero-order chi connectivity index (χ0) is 23.7. The third-order valence-corrected chi connectivity index (χ3v) is 6.23. The van der Waals surface area contributed by atoms with Crippen LogP contribution in [0.3, 0.4) is 0 Å². The summed E-state index contributed by atoms with van der Waals surface area (Å²) in [4.78, 5) is 30.2. The molecule has 0 spiro atoms.